The number of hydrogen-bond donors (Lipinski definition) is 5. The number of nitrogens with two attached hydrogens (primary N) is 2. The van der Waals surface area contributed by atoms with Crippen LogP contribution in [0.1, 0.15) is 25.2 Å². The quantitative estimate of drug-likeness (QED) is 0.430. The van der Waals surface area contributed by atoms with E-state index in [4.69, 9.17) is 16.2 Å². The molecule has 2 heterocycles. The number of aryl methyl sites for hydroxylation is 1. The lowest BCUT2D eigenvalue weighted by Crippen LogP contribution is -2.30. The molecule has 2 unspecified atom stereocenters. The molecule has 2 atom stereocenters. The number of aliphatic hydroxyl groups excluding tert-OH is 1. The van der Waals surface area contributed by atoms with Gasteiger partial charge in [0.1, 0.15) is 12.7 Å². The van der Waals surface area contributed by atoms with Crippen molar-refractivity contribution in [1.29, 1.82) is 0 Å². The summed E-state index contributed by atoms with van der Waals surface area (Å²) < 4.78 is 22.5. The molecule has 7 N–H and O–H groups in total. The zero-order chi connectivity index (χ0) is 17.2. The van der Waals surface area contributed by atoms with Crippen molar-refractivity contribution in [2.75, 3.05) is 18.9 Å². The Kier molecular flexibility index (Phi) is 5.04. The lowest BCUT2D eigenvalue weighted by atomic mass is 10.0. The summed E-state index contributed by atoms with van der Waals surface area (Å²) in [5, 5.41) is 9.88. The number of aromatic nitrogens is 4. The van der Waals surface area contributed by atoms with Crippen molar-refractivity contribution in [1.82, 2.24) is 18.7 Å². The maximum atomic E-state index is 11.1. The number of nitrogens with one attached hydrogen (secondary N) is 2. The van der Waals surface area contributed by atoms with Gasteiger partial charge in [0.15, 0.2) is 11.1 Å². The van der Waals surface area contributed by atoms with Crippen molar-refractivity contribution in [3.8, 4) is 6.01 Å². The van der Waals surface area contributed by atoms with Crippen LogP contribution in [0.15, 0.2) is 4.99 Å². The number of H-pyrrole nitrogens is 2. The Balaban J connectivity index is 1.93. The zero-order valence-corrected chi connectivity index (χ0v) is 14.0. The van der Waals surface area contributed by atoms with Crippen molar-refractivity contribution < 1.29 is 14.4 Å². The first-order valence-corrected chi connectivity index (χ1v) is 8.02. The number of nitrogens with zero attached hydrogens (tertiary/aromatic N) is 3. The molecule has 0 aliphatic carbocycles. The third-order valence-corrected chi connectivity index (χ3v) is 3.68. The molecule has 2 aromatic rings. The second-order valence-electron chi connectivity index (χ2n) is 5.72. The fourth-order valence-electron chi connectivity index (χ4n) is 1.96. The van der Waals surface area contributed by atoms with Gasteiger partial charge in [-0.1, -0.05) is 0 Å². The van der Waals surface area contributed by atoms with Gasteiger partial charge in [-0.3, -0.25) is 4.99 Å². The summed E-state index contributed by atoms with van der Waals surface area (Å²) in [4.78, 5) is 11.2. The SMILES string of the molecule is Cc1[nH]c(OCC(O)CN=c2[nH][s+]([O-])nc2N)nc1C(C)(C)N. The summed E-state index contributed by atoms with van der Waals surface area (Å²) >= 11 is -1.60. The summed E-state index contributed by atoms with van der Waals surface area (Å²) in [7, 11) is 0. The fraction of sp³-hybridized carbons (Fsp3) is 0.583. The van der Waals surface area contributed by atoms with E-state index >= 15 is 0 Å². The van der Waals surface area contributed by atoms with Crippen LogP contribution in [-0.4, -0.2) is 47.6 Å². The van der Waals surface area contributed by atoms with Crippen molar-refractivity contribution in [2.24, 2.45) is 10.7 Å². The third kappa shape index (κ3) is 4.51. The molecule has 10 nitrogen and oxygen atoms in total. The highest BCUT2D eigenvalue weighted by Crippen LogP contribution is 2.21. The summed E-state index contributed by atoms with van der Waals surface area (Å²) in [5.41, 5.74) is 12.6. The first-order valence-electron chi connectivity index (χ1n) is 6.91. The van der Waals surface area contributed by atoms with Gasteiger partial charge in [0.05, 0.1) is 17.8 Å². The van der Waals surface area contributed by atoms with Crippen molar-refractivity contribution >= 4 is 17.0 Å². The molecule has 0 aliphatic rings. The van der Waals surface area contributed by atoms with E-state index in [2.05, 4.69) is 23.7 Å². The topological polar surface area (TPSA) is 174 Å². The standard InChI is InChI=1S/C12H21N7O3S/c1-6-8(12(2,3)14)17-11(16-6)22-5-7(20)4-15-10-9(13)18-23(21)19-10/h7,20H,4-5,14H2,1-3H3,(H2,13,18)(H,15,19)(H,16,17). The summed E-state index contributed by atoms with van der Waals surface area (Å²) in [5.74, 6) is 0.0490. The van der Waals surface area contributed by atoms with E-state index < -0.39 is 22.8 Å². The van der Waals surface area contributed by atoms with Crippen molar-refractivity contribution in [2.45, 2.75) is 32.4 Å². The van der Waals surface area contributed by atoms with Crippen LogP contribution in [0.25, 0.3) is 0 Å². The minimum Gasteiger partial charge on any atom is -0.548 e. The zero-order valence-electron chi connectivity index (χ0n) is 13.2. The minimum atomic E-state index is -1.60. The molecule has 2 aromatic heterocycles. The molecule has 0 aliphatic heterocycles. The number of hydrogen-bond acceptors (Lipinski definition) is 8. The molecule has 0 aromatic carbocycles. The van der Waals surface area contributed by atoms with E-state index in [1.807, 2.05) is 20.8 Å². The highest BCUT2D eigenvalue weighted by atomic mass is 32.2. The molecular weight excluding hydrogens is 322 g/mol. The van der Waals surface area contributed by atoms with Gasteiger partial charge < -0.3 is 30.8 Å². The molecule has 0 fully saturated rings. The maximum absolute atomic E-state index is 11.1. The summed E-state index contributed by atoms with van der Waals surface area (Å²) in [6, 6.07) is 0.281. The van der Waals surface area contributed by atoms with Crippen LogP contribution in [0, 0.1) is 6.92 Å². The smallest absolute Gasteiger partial charge is 0.294 e. The van der Waals surface area contributed by atoms with E-state index in [0.717, 1.165) is 5.69 Å². The normalized spacial score (nSPS) is 15.0. The average Bonchev–Trinajstić information content (AvgIpc) is 2.96. The molecule has 0 saturated heterocycles. The van der Waals surface area contributed by atoms with Crippen LogP contribution in [0.3, 0.4) is 0 Å². The molecule has 0 bridgehead atoms. The van der Waals surface area contributed by atoms with E-state index in [-0.39, 0.29) is 30.5 Å². The van der Waals surface area contributed by atoms with Gasteiger partial charge in [0.25, 0.3) is 6.01 Å². The second kappa shape index (κ2) is 6.66. The van der Waals surface area contributed by atoms with E-state index in [1.165, 1.54) is 0 Å². The lowest BCUT2D eigenvalue weighted by Gasteiger charge is -2.16. The molecule has 128 valence electrons. The molecule has 0 amide bonds. The Morgan fingerprint density at radius 3 is 2.74 bits per heavy atom. The number of ether oxygens (including phenoxy) is 1. The van der Waals surface area contributed by atoms with Gasteiger partial charge in [0.2, 0.25) is 11.3 Å². The Morgan fingerprint density at radius 2 is 2.22 bits per heavy atom. The number of aliphatic hydroxyl groups is 1. The maximum Gasteiger partial charge on any atom is 0.294 e. The number of rotatable bonds is 6. The highest BCUT2D eigenvalue weighted by molar-refractivity contribution is 7.13. The van der Waals surface area contributed by atoms with Gasteiger partial charge in [0, 0.05) is 10.1 Å². The highest BCUT2D eigenvalue weighted by Gasteiger charge is 2.22. The van der Waals surface area contributed by atoms with Gasteiger partial charge in [-0.25, -0.2) is 0 Å². The Labute approximate surface area is 135 Å². The van der Waals surface area contributed by atoms with Crippen molar-refractivity contribution in [3.05, 3.63) is 16.9 Å². The average molecular weight is 343 g/mol. The first-order chi connectivity index (χ1) is 10.7. The third-order valence-electron chi connectivity index (χ3n) is 2.95. The lowest BCUT2D eigenvalue weighted by molar-refractivity contribution is 0.108. The van der Waals surface area contributed by atoms with Gasteiger partial charge >= 0.3 is 0 Å². The van der Waals surface area contributed by atoms with Crippen molar-refractivity contribution in [3.63, 3.8) is 0 Å². The Hall–Kier alpha value is -1.95. The Bertz CT molecular complexity index is 728. The minimum absolute atomic E-state index is 0.0185. The number of nitrogen functional groups attached to an aromatic ring is 1. The van der Waals surface area contributed by atoms with Crippen LogP contribution in [0.2, 0.25) is 0 Å². The molecule has 23 heavy (non-hydrogen) atoms. The van der Waals surface area contributed by atoms with E-state index in [9.17, 15) is 9.66 Å². The molecule has 0 spiro atoms. The van der Waals surface area contributed by atoms with Crippen LogP contribution in [-0.2, 0) is 5.54 Å². The van der Waals surface area contributed by atoms with E-state index in [0.29, 0.717) is 5.69 Å². The summed E-state index contributed by atoms with van der Waals surface area (Å²) in [6.45, 7) is 5.53. The largest absolute Gasteiger partial charge is 0.548 e. The molecule has 0 saturated carbocycles. The Morgan fingerprint density at radius 1 is 1.52 bits per heavy atom. The number of aromatic amines is 2. The predicted octanol–water partition coefficient (Wildman–Crippen LogP) is -0.715. The van der Waals surface area contributed by atoms with Gasteiger partial charge in [-0.15, -0.1) is 4.37 Å². The molecule has 11 heteroatoms. The number of imidazole rings is 1. The summed E-state index contributed by atoms with van der Waals surface area (Å²) in [6.07, 6.45) is -0.883. The first kappa shape index (κ1) is 17.4. The fourth-order valence-corrected chi connectivity index (χ4v) is 2.60. The molecule has 2 rings (SSSR count). The van der Waals surface area contributed by atoms with Gasteiger partial charge in [-0.05, 0) is 20.8 Å². The van der Waals surface area contributed by atoms with Crippen LogP contribution < -0.4 is 21.7 Å². The second-order valence-corrected chi connectivity index (χ2v) is 6.60. The van der Waals surface area contributed by atoms with Crippen LogP contribution in [0.4, 0.5) is 5.82 Å². The van der Waals surface area contributed by atoms with Crippen LogP contribution in [0.5, 0.6) is 6.01 Å². The molecule has 0 radical (unpaired) electrons. The monoisotopic (exact) mass is 343 g/mol. The molecular formula is C12H21N7O3S. The van der Waals surface area contributed by atoms with E-state index in [1.54, 1.807) is 0 Å². The van der Waals surface area contributed by atoms with Gasteiger partial charge in [-0.2, -0.15) is 4.98 Å². The van der Waals surface area contributed by atoms with Crippen LogP contribution >= 0.6 is 11.1 Å². The predicted molar refractivity (Wildman–Crippen MR) is 84.1 cm³/mol. The number of anilines is 1.